The van der Waals surface area contributed by atoms with E-state index in [2.05, 4.69) is 24.1 Å². The molecule has 0 saturated heterocycles. The van der Waals surface area contributed by atoms with E-state index in [0.717, 1.165) is 6.54 Å². The molecule has 1 unspecified atom stereocenters. The normalized spacial score (nSPS) is 12.8. The van der Waals surface area contributed by atoms with Crippen molar-refractivity contribution in [1.29, 1.82) is 0 Å². The highest BCUT2D eigenvalue weighted by molar-refractivity contribution is 5.92. The molecular formula is C13H21N3O2. The highest BCUT2D eigenvalue weighted by Crippen LogP contribution is 2.04. The quantitative estimate of drug-likeness (QED) is 0.809. The molecule has 0 aliphatic carbocycles. The minimum Gasteiger partial charge on any atom is -0.346 e. The molecule has 1 aromatic rings. The van der Waals surface area contributed by atoms with Crippen LogP contribution in [0.2, 0.25) is 0 Å². The summed E-state index contributed by atoms with van der Waals surface area (Å²) < 4.78 is 0. The van der Waals surface area contributed by atoms with E-state index < -0.39 is 0 Å². The molecule has 18 heavy (non-hydrogen) atoms. The Balaban J connectivity index is 2.75. The maximum absolute atomic E-state index is 12.0. The number of carbonyl (C=O) groups is 1. The van der Waals surface area contributed by atoms with E-state index in [1.807, 2.05) is 19.0 Å². The summed E-state index contributed by atoms with van der Waals surface area (Å²) in [6.45, 7) is 4.88. The molecule has 1 rings (SSSR count). The molecule has 0 aliphatic heterocycles. The number of aromatic amines is 1. The molecule has 5 heteroatoms. The Kier molecular flexibility index (Phi) is 5.09. The molecule has 5 nitrogen and oxygen atoms in total. The van der Waals surface area contributed by atoms with Crippen molar-refractivity contribution in [1.82, 2.24) is 15.2 Å². The van der Waals surface area contributed by atoms with E-state index >= 15 is 0 Å². The lowest BCUT2D eigenvalue weighted by Crippen LogP contribution is -2.45. The van der Waals surface area contributed by atoms with E-state index in [1.54, 1.807) is 12.1 Å². The smallest absolute Gasteiger partial charge is 0.268 e. The van der Waals surface area contributed by atoms with Crippen LogP contribution in [0.15, 0.2) is 23.0 Å². The second kappa shape index (κ2) is 6.35. The van der Waals surface area contributed by atoms with Crippen molar-refractivity contribution < 1.29 is 4.79 Å². The average Bonchev–Trinajstić information content (AvgIpc) is 2.27. The van der Waals surface area contributed by atoms with Gasteiger partial charge in [0.15, 0.2) is 0 Å². The first-order valence-corrected chi connectivity index (χ1v) is 6.05. The van der Waals surface area contributed by atoms with Crippen molar-refractivity contribution in [3.05, 3.63) is 34.2 Å². The number of hydrogen-bond donors (Lipinski definition) is 2. The molecule has 0 saturated carbocycles. The van der Waals surface area contributed by atoms with Crippen LogP contribution in [0.5, 0.6) is 0 Å². The van der Waals surface area contributed by atoms with Crippen molar-refractivity contribution in [2.75, 3.05) is 20.6 Å². The van der Waals surface area contributed by atoms with Crippen molar-refractivity contribution in [3.8, 4) is 0 Å². The number of aromatic nitrogens is 1. The van der Waals surface area contributed by atoms with Gasteiger partial charge >= 0.3 is 0 Å². The largest absolute Gasteiger partial charge is 0.346 e. The summed E-state index contributed by atoms with van der Waals surface area (Å²) in [7, 11) is 3.93. The van der Waals surface area contributed by atoms with Gasteiger partial charge in [-0.2, -0.15) is 0 Å². The Labute approximate surface area is 107 Å². The number of likely N-dealkylation sites (N-methyl/N-ethyl adjacent to an activating group) is 1. The van der Waals surface area contributed by atoms with Crippen LogP contribution >= 0.6 is 0 Å². The minimum absolute atomic E-state index is 0.0520. The molecule has 0 spiro atoms. The fourth-order valence-corrected chi connectivity index (χ4v) is 1.64. The lowest BCUT2D eigenvalue weighted by Gasteiger charge is -2.25. The Bertz CT molecular complexity index is 452. The molecule has 0 fully saturated rings. The van der Waals surface area contributed by atoms with Gasteiger partial charge in [0.05, 0.1) is 0 Å². The highest BCUT2D eigenvalue weighted by Gasteiger charge is 2.18. The molecule has 1 atom stereocenters. The maximum atomic E-state index is 12.0. The predicted octanol–water partition coefficient (Wildman–Crippen LogP) is 0.691. The lowest BCUT2D eigenvalue weighted by molar-refractivity contribution is 0.0911. The van der Waals surface area contributed by atoms with Gasteiger partial charge in [0.25, 0.3) is 5.91 Å². The van der Waals surface area contributed by atoms with E-state index in [0.29, 0.717) is 11.6 Å². The van der Waals surface area contributed by atoms with Crippen LogP contribution in [-0.4, -0.2) is 42.5 Å². The average molecular weight is 251 g/mol. The number of rotatable bonds is 5. The Hall–Kier alpha value is -1.62. The third-order valence-corrected chi connectivity index (χ3v) is 2.70. The fraction of sp³-hybridized carbons (Fsp3) is 0.538. The van der Waals surface area contributed by atoms with Crippen LogP contribution in [0.1, 0.15) is 24.3 Å². The zero-order valence-corrected chi connectivity index (χ0v) is 11.4. The highest BCUT2D eigenvalue weighted by atomic mass is 16.2. The Morgan fingerprint density at radius 1 is 1.39 bits per heavy atom. The second-order valence-corrected chi connectivity index (χ2v) is 5.01. The van der Waals surface area contributed by atoms with E-state index in [1.165, 1.54) is 6.07 Å². The fourth-order valence-electron chi connectivity index (χ4n) is 1.64. The zero-order valence-electron chi connectivity index (χ0n) is 11.4. The van der Waals surface area contributed by atoms with Crippen LogP contribution in [-0.2, 0) is 0 Å². The summed E-state index contributed by atoms with van der Waals surface area (Å²) in [6.07, 6.45) is 0. The lowest BCUT2D eigenvalue weighted by atomic mass is 10.0. The molecule has 2 N–H and O–H groups in total. The Morgan fingerprint density at radius 3 is 2.56 bits per heavy atom. The molecule has 1 amide bonds. The van der Waals surface area contributed by atoms with Gasteiger partial charge in [0.2, 0.25) is 5.56 Å². The molecule has 100 valence electrons. The summed E-state index contributed by atoms with van der Waals surface area (Å²) in [6, 6.07) is 4.61. The minimum atomic E-state index is -0.267. The topological polar surface area (TPSA) is 65.2 Å². The van der Waals surface area contributed by atoms with Gasteiger partial charge in [-0.1, -0.05) is 19.9 Å². The standard InChI is InChI=1S/C13H21N3O2/c1-9(2)11(8-16(3)4)15-13(18)10-6-5-7-12(17)14-10/h5-7,9,11H,8H2,1-4H3,(H,14,17)(H,15,18). The van der Waals surface area contributed by atoms with E-state index in [4.69, 9.17) is 0 Å². The van der Waals surface area contributed by atoms with Gasteiger partial charge in [0.1, 0.15) is 5.69 Å². The van der Waals surface area contributed by atoms with Crippen molar-refractivity contribution in [2.45, 2.75) is 19.9 Å². The van der Waals surface area contributed by atoms with Gasteiger partial charge in [-0.15, -0.1) is 0 Å². The third-order valence-electron chi connectivity index (χ3n) is 2.70. The first-order valence-electron chi connectivity index (χ1n) is 6.05. The Morgan fingerprint density at radius 2 is 2.06 bits per heavy atom. The van der Waals surface area contributed by atoms with Crippen LogP contribution < -0.4 is 10.9 Å². The predicted molar refractivity (Wildman–Crippen MR) is 71.7 cm³/mol. The summed E-state index contributed by atoms with van der Waals surface area (Å²) in [5.74, 6) is 0.0834. The van der Waals surface area contributed by atoms with Gasteiger partial charge in [-0.25, -0.2) is 0 Å². The van der Waals surface area contributed by atoms with E-state index in [9.17, 15) is 9.59 Å². The number of H-pyrrole nitrogens is 1. The number of hydrogen-bond acceptors (Lipinski definition) is 3. The monoisotopic (exact) mass is 251 g/mol. The number of amides is 1. The van der Waals surface area contributed by atoms with Crippen LogP contribution in [0.25, 0.3) is 0 Å². The first kappa shape index (κ1) is 14.4. The number of pyridine rings is 1. The molecule has 1 aromatic heterocycles. The molecule has 1 heterocycles. The number of carbonyl (C=O) groups excluding carboxylic acids is 1. The van der Waals surface area contributed by atoms with E-state index in [-0.39, 0.29) is 17.5 Å². The summed E-state index contributed by atoms with van der Waals surface area (Å²) in [4.78, 5) is 27.7. The van der Waals surface area contributed by atoms with Crippen LogP contribution in [0.4, 0.5) is 0 Å². The van der Waals surface area contributed by atoms with Crippen molar-refractivity contribution >= 4 is 5.91 Å². The van der Waals surface area contributed by atoms with Crippen LogP contribution in [0, 0.1) is 5.92 Å². The zero-order chi connectivity index (χ0) is 13.7. The van der Waals surface area contributed by atoms with Crippen molar-refractivity contribution in [3.63, 3.8) is 0 Å². The molecule has 0 aliphatic rings. The van der Waals surface area contributed by atoms with Crippen molar-refractivity contribution in [2.24, 2.45) is 5.92 Å². The molecule has 0 bridgehead atoms. The van der Waals surface area contributed by atoms with Gasteiger partial charge < -0.3 is 15.2 Å². The SMILES string of the molecule is CC(C)C(CN(C)C)NC(=O)c1cccc(=O)[nH]1. The second-order valence-electron chi connectivity index (χ2n) is 5.01. The van der Waals surface area contributed by atoms with Gasteiger partial charge in [0, 0.05) is 18.7 Å². The number of nitrogens with one attached hydrogen (secondary N) is 2. The number of nitrogens with zero attached hydrogens (tertiary/aromatic N) is 1. The molecular weight excluding hydrogens is 230 g/mol. The first-order chi connectivity index (χ1) is 8.40. The van der Waals surface area contributed by atoms with Crippen LogP contribution in [0.3, 0.4) is 0 Å². The third kappa shape index (κ3) is 4.33. The summed E-state index contributed by atoms with van der Waals surface area (Å²) in [5.41, 5.74) is 0.0308. The maximum Gasteiger partial charge on any atom is 0.268 e. The summed E-state index contributed by atoms with van der Waals surface area (Å²) in [5, 5.41) is 2.94. The molecule has 0 radical (unpaired) electrons. The summed E-state index contributed by atoms with van der Waals surface area (Å²) >= 11 is 0. The van der Waals surface area contributed by atoms with Gasteiger partial charge in [-0.3, -0.25) is 9.59 Å². The van der Waals surface area contributed by atoms with Gasteiger partial charge in [-0.05, 0) is 26.1 Å². The molecule has 0 aromatic carbocycles.